The van der Waals surface area contributed by atoms with Crippen LogP contribution >= 0.6 is 24.8 Å². The second kappa shape index (κ2) is 12.0. The van der Waals surface area contributed by atoms with Crippen LogP contribution in [0.15, 0.2) is 53.2 Å². The van der Waals surface area contributed by atoms with Crippen LogP contribution in [0.1, 0.15) is 16.2 Å². The summed E-state index contributed by atoms with van der Waals surface area (Å²) in [5.41, 5.74) is 8.72. The van der Waals surface area contributed by atoms with E-state index in [2.05, 4.69) is 4.98 Å². The van der Waals surface area contributed by atoms with Gasteiger partial charge in [0.05, 0.1) is 22.5 Å². The van der Waals surface area contributed by atoms with Gasteiger partial charge in [0, 0.05) is 46.0 Å². The average Bonchev–Trinajstić information content (AvgIpc) is 3.03. The lowest BCUT2D eigenvalue weighted by atomic mass is 10.0. The van der Waals surface area contributed by atoms with E-state index in [1.54, 1.807) is 49.0 Å². The quantitative estimate of drug-likeness (QED) is 0.488. The van der Waals surface area contributed by atoms with E-state index in [-0.39, 0.29) is 54.4 Å². The van der Waals surface area contributed by atoms with Crippen LogP contribution in [0, 0.1) is 6.92 Å². The summed E-state index contributed by atoms with van der Waals surface area (Å²) in [6.07, 6.45) is 1.30. The van der Waals surface area contributed by atoms with Crippen LogP contribution in [0.5, 0.6) is 0 Å². The molecule has 0 saturated heterocycles. The Kier molecular flexibility index (Phi) is 10.4. The van der Waals surface area contributed by atoms with Gasteiger partial charge >= 0.3 is 0 Å². The molecule has 0 aliphatic heterocycles. The number of carbonyl (C=O) groups is 1. The summed E-state index contributed by atoms with van der Waals surface area (Å²) in [5.74, 6) is -0.673. The first-order valence-corrected chi connectivity index (χ1v) is 11.7. The zero-order valence-electron chi connectivity index (χ0n) is 20.1. The lowest BCUT2D eigenvalue weighted by Crippen LogP contribution is -2.22. The molecule has 0 bridgehead atoms. The van der Waals surface area contributed by atoms with Crippen molar-refractivity contribution in [2.24, 2.45) is 5.73 Å². The number of carbonyl (C=O) groups excluding carboxylic acids is 1. The third kappa shape index (κ3) is 6.02. The van der Waals surface area contributed by atoms with Crippen LogP contribution in [0.4, 0.5) is 4.39 Å². The predicted octanol–water partition coefficient (Wildman–Crippen LogP) is 3.62. The Bertz CT molecular complexity index is 1350. The highest BCUT2D eigenvalue weighted by atomic mass is 35.5. The molecule has 192 valence electrons. The molecule has 1 aromatic carbocycles. The maximum absolute atomic E-state index is 14.4. The summed E-state index contributed by atoms with van der Waals surface area (Å²) in [6, 6.07) is 9.84. The molecule has 2 aromatic heterocycles. The van der Waals surface area contributed by atoms with Gasteiger partial charge in [-0.2, -0.15) is 0 Å². The molecule has 35 heavy (non-hydrogen) atoms. The maximum Gasteiger partial charge on any atom is 0.271 e. The number of allylic oxidation sites excluding steroid dienone is 1. The number of amides is 1. The summed E-state index contributed by atoms with van der Waals surface area (Å²) in [6.45, 7) is 1.83. The van der Waals surface area contributed by atoms with Crippen LogP contribution in [0.2, 0.25) is 0 Å². The van der Waals surface area contributed by atoms with E-state index in [1.165, 1.54) is 31.1 Å². The van der Waals surface area contributed by atoms with E-state index in [9.17, 15) is 17.6 Å². The summed E-state index contributed by atoms with van der Waals surface area (Å²) in [5, 5.41) is 0. The van der Waals surface area contributed by atoms with Gasteiger partial charge in [-0.15, -0.1) is 24.8 Å². The highest BCUT2D eigenvalue weighted by Crippen LogP contribution is 2.35. The van der Waals surface area contributed by atoms with Crippen molar-refractivity contribution in [3.8, 4) is 11.1 Å². The normalized spacial score (nSPS) is 11.8. The zero-order valence-corrected chi connectivity index (χ0v) is 22.6. The van der Waals surface area contributed by atoms with Crippen LogP contribution in [-0.2, 0) is 16.6 Å². The first kappa shape index (κ1) is 30.5. The minimum Gasteiger partial charge on any atom is -0.343 e. The number of rotatable bonds is 7. The summed E-state index contributed by atoms with van der Waals surface area (Å²) in [4.78, 5) is 18.7. The van der Waals surface area contributed by atoms with Gasteiger partial charge in [-0.1, -0.05) is 12.1 Å². The number of nitrogens with zero attached hydrogens (tertiary/aromatic N) is 4. The van der Waals surface area contributed by atoms with Gasteiger partial charge in [0.15, 0.2) is 0 Å². The van der Waals surface area contributed by atoms with Gasteiger partial charge in [-0.05, 0) is 42.8 Å². The predicted molar refractivity (Wildman–Crippen MR) is 142 cm³/mol. The fourth-order valence-electron chi connectivity index (χ4n) is 3.60. The van der Waals surface area contributed by atoms with Crippen LogP contribution in [-0.4, -0.2) is 67.8 Å². The summed E-state index contributed by atoms with van der Waals surface area (Å²) in [7, 11) is 2.53. The minimum atomic E-state index is -3.66. The second-order valence-corrected chi connectivity index (χ2v) is 10.2. The van der Waals surface area contributed by atoms with E-state index in [0.717, 1.165) is 4.31 Å². The molecule has 0 atom stereocenters. The number of nitrogens with two attached hydrogens (primary N) is 1. The van der Waals surface area contributed by atoms with Gasteiger partial charge in [0.25, 0.3) is 5.91 Å². The van der Waals surface area contributed by atoms with Gasteiger partial charge in [0.1, 0.15) is 11.5 Å². The SMILES string of the molecule is Cc1c(-c2cccc(S(=O)(=O)N(C)C)c2)c2nc(C(=O)N(C)C)ccc2n1C/C(F)=C/CN.Cl.Cl. The number of pyridine rings is 1. The molecule has 3 rings (SSSR count). The number of hydrogen-bond donors (Lipinski definition) is 1. The fourth-order valence-corrected chi connectivity index (χ4v) is 4.55. The van der Waals surface area contributed by atoms with E-state index in [4.69, 9.17) is 5.73 Å². The number of halogens is 3. The average molecular weight is 546 g/mol. The lowest BCUT2D eigenvalue weighted by molar-refractivity contribution is 0.0822. The molecule has 2 heterocycles. The van der Waals surface area contributed by atoms with Crippen LogP contribution < -0.4 is 5.73 Å². The number of hydrogen-bond acceptors (Lipinski definition) is 5. The highest BCUT2D eigenvalue weighted by Gasteiger charge is 2.23. The molecule has 0 aliphatic rings. The molecule has 12 heteroatoms. The van der Waals surface area contributed by atoms with Crippen LogP contribution in [0.25, 0.3) is 22.2 Å². The summed E-state index contributed by atoms with van der Waals surface area (Å²) >= 11 is 0. The molecule has 0 spiro atoms. The molecule has 0 fully saturated rings. The topological polar surface area (TPSA) is 102 Å². The Morgan fingerprint density at radius 3 is 2.37 bits per heavy atom. The molecular weight excluding hydrogens is 516 g/mol. The monoisotopic (exact) mass is 545 g/mol. The molecular formula is C23H30Cl2FN5O3S. The standard InChI is InChI=1S/C23H28FN5O3S.2ClH/c1-15-21(16-7-6-8-18(13-16)33(31,32)28(4)5)22-20(29(15)14-17(24)11-12-25)10-9-19(26-22)23(30)27(2)3;;/h6-11,13H,12,14,25H2,1-5H3;2*1H/b17-11-;;. The summed E-state index contributed by atoms with van der Waals surface area (Å²) < 4.78 is 42.7. The number of fused-ring (bicyclic) bond motifs is 1. The van der Waals surface area contributed by atoms with Crippen molar-refractivity contribution in [2.75, 3.05) is 34.7 Å². The Balaban J connectivity index is 0.00000306. The third-order valence-electron chi connectivity index (χ3n) is 5.34. The van der Waals surface area contributed by atoms with Gasteiger partial charge < -0.3 is 15.2 Å². The third-order valence-corrected chi connectivity index (χ3v) is 7.15. The Morgan fingerprint density at radius 2 is 1.80 bits per heavy atom. The van der Waals surface area contributed by atoms with E-state index in [0.29, 0.717) is 27.9 Å². The lowest BCUT2D eigenvalue weighted by Gasteiger charge is -2.13. The largest absolute Gasteiger partial charge is 0.343 e. The van der Waals surface area contributed by atoms with Crippen molar-refractivity contribution < 1.29 is 17.6 Å². The van der Waals surface area contributed by atoms with Crippen molar-refractivity contribution in [2.45, 2.75) is 18.4 Å². The van der Waals surface area contributed by atoms with Crippen molar-refractivity contribution in [3.05, 3.63) is 59.7 Å². The van der Waals surface area contributed by atoms with E-state index >= 15 is 0 Å². The number of aromatic nitrogens is 2. The minimum absolute atomic E-state index is 0. The van der Waals surface area contributed by atoms with Gasteiger partial charge in [-0.3, -0.25) is 4.79 Å². The molecule has 0 radical (unpaired) electrons. The number of sulfonamides is 1. The van der Waals surface area contributed by atoms with Crippen molar-refractivity contribution in [1.29, 1.82) is 0 Å². The molecule has 2 N–H and O–H groups in total. The fraction of sp³-hybridized carbons (Fsp3) is 0.304. The maximum atomic E-state index is 14.4. The zero-order chi connectivity index (χ0) is 24.5. The second-order valence-electron chi connectivity index (χ2n) is 8.01. The van der Waals surface area contributed by atoms with Crippen molar-refractivity contribution >= 4 is 51.8 Å². The number of benzene rings is 1. The molecule has 8 nitrogen and oxygen atoms in total. The molecule has 0 saturated carbocycles. The van der Waals surface area contributed by atoms with Crippen LogP contribution in [0.3, 0.4) is 0 Å². The molecule has 1 amide bonds. The Hall–Kier alpha value is -2.50. The smallest absolute Gasteiger partial charge is 0.271 e. The Labute approximate surface area is 217 Å². The van der Waals surface area contributed by atoms with Crippen molar-refractivity contribution in [3.63, 3.8) is 0 Å². The molecule has 0 unspecified atom stereocenters. The molecule has 0 aliphatic carbocycles. The first-order valence-electron chi connectivity index (χ1n) is 10.3. The van der Waals surface area contributed by atoms with Gasteiger partial charge in [0.2, 0.25) is 10.0 Å². The Morgan fingerprint density at radius 1 is 1.14 bits per heavy atom. The first-order chi connectivity index (χ1) is 15.5. The van der Waals surface area contributed by atoms with E-state index < -0.39 is 15.9 Å². The van der Waals surface area contributed by atoms with Gasteiger partial charge in [-0.25, -0.2) is 22.1 Å². The van der Waals surface area contributed by atoms with Crippen molar-refractivity contribution in [1.82, 2.24) is 18.8 Å². The highest BCUT2D eigenvalue weighted by molar-refractivity contribution is 7.89. The van der Waals surface area contributed by atoms with E-state index in [1.807, 2.05) is 6.92 Å². The molecule has 3 aromatic rings.